The third-order valence-electron chi connectivity index (χ3n) is 9.33. The molecule has 2 heterocycles. The Morgan fingerprint density at radius 3 is 1.11 bits per heavy atom. The van der Waals surface area contributed by atoms with Crippen LogP contribution in [0.2, 0.25) is 0 Å². The molecule has 2 aliphatic rings. The van der Waals surface area contributed by atoms with E-state index in [1.165, 1.54) is 0 Å². The van der Waals surface area contributed by atoms with Crippen LogP contribution in [0.4, 0.5) is 11.4 Å². The average Bonchev–Trinajstić information content (AvgIpc) is 3.19. The molecule has 0 aromatic heterocycles. The lowest BCUT2D eigenvalue weighted by Crippen LogP contribution is -2.59. The van der Waals surface area contributed by atoms with Crippen molar-refractivity contribution < 1.29 is 69.3 Å². The maximum absolute atomic E-state index is 10.0. The number of benzene rings is 2. The minimum absolute atomic E-state index is 0.327. The number of rotatable bonds is 24. The van der Waals surface area contributed by atoms with E-state index in [0.29, 0.717) is 37.8 Å². The molecule has 4 rings (SSSR count). The Balaban J connectivity index is 0.984. The highest BCUT2D eigenvalue weighted by molar-refractivity contribution is 5.44. The number of hydrogen-bond donors (Lipinski definition) is 8. The molecule has 10 atom stereocenters. The Morgan fingerprint density at radius 1 is 0.426 bits per heavy atom. The summed E-state index contributed by atoms with van der Waals surface area (Å²) in [7, 11) is 0. The van der Waals surface area contributed by atoms with Crippen molar-refractivity contribution in [3.8, 4) is 11.5 Å². The van der Waals surface area contributed by atoms with Crippen LogP contribution in [0.25, 0.3) is 0 Å². The van der Waals surface area contributed by atoms with Crippen LogP contribution in [0.15, 0.2) is 58.8 Å². The molecule has 0 unspecified atom stereocenters. The molecule has 2 fully saturated rings. The standard InChI is InChI=1S/C38H58N2O14/c41-23-29-31(43)33(45)35(47)37(53-29)51-21-9-5-1-3-7-19-49-27-15-11-25(12-16-27)39-40-26-13-17-28(18-14-26)50-20-8-4-2-6-10-22-52-38-36(48)34(46)32(44)30(24-42)54-38/h11-18,29-38,41-48H,1-10,19-24H2/t29-,30-,31-,32-,33+,34+,35-,36-,37-,38-/m1/s1. The summed E-state index contributed by atoms with van der Waals surface area (Å²) < 4.78 is 33.4. The van der Waals surface area contributed by atoms with Crippen molar-refractivity contribution in [3.63, 3.8) is 0 Å². The third kappa shape index (κ3) is 14.0. The molecule has 0 spiro atoms. The molecule has 304 valence electrons. The van der Waals surface area contributed by atoms with Gasteiger partial charge in [-0.25, -0.2) is 0 Å². The maximum atomic E-state index is 10.0. The van der Waals surface area contributed by atoms with E-state index in [0.717, 1.165) is 75.7 Å². The summed E-state index contributed by atoms with van der Waals surface area (Å²) in [6.45, 7) is 0.865. The number of aliphatic hydroxyl groups excluding tert-OH is 8. The fourth-order valence-electron chi connectivity index (χ4n) is 5.99. The first-order valence-corrected chi connectivity index (χ1v) is 18.9. The van der Waals surface area contributed by atoms with Crippen molar-refractivity contribution in [1.82, 2.24) is 0 Å². The Labute approximate surface area is 315 Å². The summed E-state index contributed by atoms with van der Waals surface area (Å²) in [5.41, 5.74) is 1.41. The minimum atomic E-state index is -1.44. The molecule has 54 heavy (non-hydrogen) atoms. The molecule has 0 amide bonds. The second kappa shape index (κ2) is 23.9. The lowest BCUT2D eigenvalue weighted by molar-refractivity contribution is -0.301. The molecular formula is C38H58N2O14. The monoisotopic (exact) mass is 766 g/mol. The number of aliphatic hydroxyl groups is 8. The van der Waals surface area contributed by atoms with E-state index >= 15 is 0 Å². The van der Waals surface area contributed by atoms with Gasteiger partial charge in [0.1, 0.15) is 60.3 Å². The molecule has 0 saturated carbocycles. The van der Waals surface area contributed by atoms with Crippen LogP contribution >= 0.6 is 0 Å². The molecule has 0 bridgehead atoms. The Kier molecular flexibility index (Phi) is 19.5. The number of hydrogen-bond acceptors (Lipinski definition) is 16. The van der Waals surface area contributed by atoms with Crippen molar-refractivity contribution >= 4 is 11.4 Å². The SMILES string of the molecule is OC[C@H]1O[C@@H](OCCCCCCCOc2ccc(N=Nc3ccc(OCCCCCCCO[C@@H]4O[C@H](CO)[C@@H](O)[C@H](O)[C@H]4O)cc3)cc2)[C@H](O)[C@@H](O)[C@@H]1O. The van der Waals surface area contributed by atoms with Gasteiger partial charge in [0.15, 0.2) is 12.6 Å². The fourth-order valence-corrected chi connectivity index (χ4v) is 5.99. The smallest absolute Gasteiger partial charge is 0.186 e. The predicted molar refractivity (Wildman–Crippen MR) is 194 cm³/mol. The van der Waals surface area contributed by atoms with Crippen LogP contribution in [0.5, 0.6) is 11.5 Å². The summed E-state index contributed by atoms with van der Waals surface area (Å²) in [6.07, 6.45) is -3.51. The molecule has 2 aliphatic heterocycles. The highest BCUT2D eigenvalue weighted by Crippen LogP contribution is 2.25. The lowest BCUT2D eigenvalue weighted by Gasteiger charge is -2.39. The van der Waals surface area contributed by atoms with Gasteiger partial charge in [0.25, 0.3) is 0 Å². The van der Waals surface area contributed by atoms with Crippen LogP contribution in [0, 0.1) is 0 Å². The number of unbranched alkanes of at least 4 members (excludes halogenated alkanes) is 8. The van der Waals surface area contributed by atoms with Gasteiger partial charge < -0.3 is 69.3 Å². The Hall–Kier alpha value is -2.84. The first kappa shape index (κ1) is 43.9. The van der Waals surface area contributed by atoms with Gasteiger partial charge in [-0.05, 0) is 74.2 Å². The van der Waals surface area contributed by atoms with Crippen LogP contribution in [-0.4, -0.2) is 142 Å². The van der Waals surface area contributed by atoms with Crippen LogP contribution in [-0.2, 0) is 18.9 Å². The fraction of sp³-hybridized carbons (Fsp3) is 0.684. The quantitative estimate of drug-likeness (QED) is 0.0566. The topological polar surface area (TPSA) is 242 Å². The van der Waals surface area contributed by atoms with Crippen LogP contribution < -0.4 is 9.47 Å². The van der Waals surface area contributed by atoms with Crippen molar-refractivity contribution in [2.45, 2.75) is 126 Å². The van der Waals surface area contributed by atoms with Gasteiger partial charge in [-0.3, -0.25) is 0 Å². The first-order chi connectivity index (χ1) is 26.2. The van der Waals surface area contributed by atoms with Crippen LogP contribution in [0.1, 0.15) is 64.2 Å². The maximum Gasteiger partial charge on any atom is 0.186 e. The lowest BCUT2D eigenvalue weighted by atomic mass is 9.99. The number of ether oxygens (including phenoxy) is 6. The van der Waals surface area contributed by atoms with Crippen molar-refractivity contribution in [3.05, 3.63) is 48.5 Å². The van der Waals surface area contributed by atoms with E-state index in [1.807, 2.05) is 48.5 Å². The molecule has 8 N–H and O–H groups in total. The van der Waals surface area contributed by atoms with Gasteiger partial charge in [-0.1, -0.05) is 38.5 Å². The minimum Gasteiger partial charge on any atom is -0.494 e. The van der Waals surface area contributed by atoms with Crippen molar-refractivity contribution in [1.29, 1.82) is 0 Å². The van der Waals surface area contributed by atoms with Crippen molar-refractivity contribution in [2.75, 3.05) is 39.6 Å². The second-order valence-corrected chi connectivity index (χ2v) is 13.6. The summed E-state index contributed by atoms with van der Waals surface area (Å²) in [5.74, 6) is 1.51. The van der Waals surface area contributed by atoms with E-state index < -0.39 is 74.6 Å². The van der Waals surface area contributed by atoms with Gasteiger partial charge in [0, 0.05) is 13.2 Å². The summed E-state index contributed by atoms with van der Waals surface area (Å²) in [4.78, 5) is 0. The largest absolute Gasteiger partial charge is 0.494 e. The average molecular weight is 767 g/mol. The summed E-state index contributed by atoms with van der Waals surface area (Å²) in [6, 6.07) is 14.8. The Bertz CT molecular complexity index is 1220. The zero-order valence-corrected chi connectivity index (χ0v) is 30.6. The van der Waals surface area contributed by atoms with Gasteiger partial charge in [0.2, 0.25) is 0 Å². The molecule has 16 nitrogen and oxygen atoms in total. The zero-order chi connectivity index (χ0) is 38.7. The summed E-state index contributed by atoms with van der Waals surface area (Å²) >= 11 is 0. The molecule has 2 saturated heterocycles. The molecular weight excluding hydrogens is 708 g/mol. The zero-order valence-electron chi connectivity index (χ0n) is 30.6. The Morgan fingerprint density at radius 2 is 0.759 bits per heavy atom. The number of azo groups is 1. The van der Waals surface area contributed by atoms with Gasteiger partial charge in [-0.2, -0.15) is 10.2 Å². The van der Waals surface area contributed by atoms with Gasteiger partial charge in [-0.15, -0.1) is 0 Å². The molecule has 0 radical (unpaired) electrons. The molecule has 2 aromatic rings. The van der Waals surface area contributed by atoms with Crippen LogP contribution in [0.3, 0.4) is 0 Å². The first-order valence-electron chi connectivity index (χ1n) is 18.9. The third-order valence-corrected chi connectivity index (χ3v) is 9.33. The second-order valence-electron chi connectivity index (χ2n) is 13.6. The normalized spacial score (nSPS) is 28.7. The highest BCUT2D eigenvalue weighted by Gasteiger charge is 2.45. The van der Waals surface area contributed by atoms with E-state index in [4.69, 9.17) is 28.4 Å². The van der Waals surface area contributed by atoms with E-state index in [2.05, 4.69) is 10.2 Å². The molecule has 0 aliphatic carbocycles. The van der Waals surface area contributed by atoms with Gasteiger partial charge >= 0.3 is 0 Å². The predicted octanol–water partition coefficient (Wildman–Crippen LogP) is 2.39. The van der Waals surface area contributed by atoms with Gasteiger partial charge in [0.05, 0.1) is 37.8 Å². The molecule has 2 aromatic carbocycles. The molecule has 16 heteroatoms. The number of nitrogens with zero attached hydrogens (tertiary/aromatic N) is 2. The van der Waals surface area contributed by atoms with E-state index in [-0.39, 0.29) is 0 Å². The van der Waals surface area contributed by atoms with E-state index in [1.54, 1.807) is 0 Å². The van der Waals surface area contributed by atoms with E-state index in [9.17, 15) is 40.9 Å². The van der Waals surface area contributed by atoms with Crippen molar-refractivity contribution in [2.24, 2.45) is 10.2 Å². The highest BCUT2D eigenvalue weighted by atomic mass is 16.7. The summed E-state index contributed by atoms with van der Waals surface area (Å²) in [5, 5.41) is 86.5.